The van der Waals surface area contributed by atoms with Crippen molar-refractivity contribution in [2.24, 2.45) is 0 Å². The summed E-state index contributed by atoms with van der Waals surface area (Å²) < 4.78 is 0. The van der Waals surface area contributed by atoms with E-state index in [2.05, 4.69) is 11.4 Å². The first-order chi connectivity index (χ1) is 9.15. The molecule has 1 aromatic rings. The maximum Gasteiger partial charge on any atom is 0.234 e. The number of carbonyl (C=O) groups excluding carboxylic acids is 1. The second-order valence-electron chi connectivity index (χ2n) is 4.18. The average Bonchev–Trinajstić information content (AvgIpc) is 2.42. The van der Waals surface area contributed by atoms with Gasteiger partial charge in [-0.15, -0.1) is 0 Å². The molecule has 0 unspecified atom stereocenters. The molecular weight excluding hydrogens is 262 g/mol. The summed E-state index contributed by atoms with van der Waals surface area (Å²) in [5.41, 5.74) is 1.01. The molecule has 5 heteroatoms. The zero-order chi connectivity index (χ0) is 14.1. The molecule has 0 atom stereocenters. The van der Waals surface area contributed by atoms with Crippen LogP contribution in [0.3, 0.4) is 0 Å². The van der Waals surface area contributed by atoms with Gasteiger partial charge >= 0.3 is 0 Å². The van der Waals surface area contributed by atoms with Crippen LogP contribution in [-0.4, -0.2) is 30.4 Å². The maximum atomic E-state index is 11.8. The van der Waals surface area contributed by atoms with Crippen molar-refractivity contribution in [2.75, 3.05) is 19.6 Å². The van der Waals surface area contributed by atoms with Crippen LogP contribution < -0.4 is 5.32 Å². The largest absolute Gasteiger partial charge is 0.351 e. The van der Waals surface area contributed by atoms with Gasteiger partial charge in [0, 0.05) is 24.5 Å². The van der Waals surface area contributed by atoms with E-state index in [0.717, 1.165) is 12.1 Å². The summed E-state index contributed by atoms with van der Waals surface area (Å²) in [5, 5.41) is 12.1. The number of halogens is 1. The number of nitriles is 1. The summed E-state index contributed by atoms with van der Waals surface area (Å²) in [5.74, 6) is -0.0326. The number of carbonyl (C=O) groups is 1. The summed E-state index contributed by atoms with van der Waals surface area (Å²) in [6.07, 6.45) is 0.443. The molecule has 19 heavy (non-hydrogen) atoms. The molecule has 1 aromatic carbocycles. The minimum absolute atomic E-state index is 0.0326. The van der Waals surface area contributed by atoms with Gasteiger partial charge in [-0.05, 0) is 24.2 Å². The Morgan fingerprint density at radius 1 is 1.42 bits per heavy atom. The second kappa shape index (κ2) is 8.52. The van der Waals surface area contributed by atoms with Gasteiger partial charge in [-0.3, -0.25) is 9.69 Å². The predicted molar refractivity (Wildman–Crippen MR) is 75.6 cm³/mol. The number of benzene rings is 1. The molecule has 0 aliphatic carbocycles. The molecule has 1 rings (SSSR count). The van der Waals surface area contributed by atoms with Crippen molar-refractivity contribution in [1.29, 1.82) is 5.26 Å². The minimum Gasteiger partial charge on any atom is -0.351 e. The van der Waals surface area contributed by atoms with Crippen LogP contribution in [0.5, 0.6) is 0 Å². The van der Waals surface area contributed by atoms with E-state index in [1.807, 2.05) is 24.0 Å². The van der Waals surface area contributed by atoms with Gasteiger partial charge in [0.05, 0.1) is 12.6 Å². The number of nitrogens with zero attached hydrogens (tertiary/aromatic N) is 2. The Kier molecular flexibility index (Phi) is 6.94. The molecule has 0 saturated heterocycles. The molecule has 0 heterocycles. The van der Waals surface area contributed by atoms with Crippen molar-refractivity contribution in [3.63, 3.8) is 0 Å². The number of hydrogen-bond acceptors (Lipinski definition) is 3. The normalized spacial score (nSPS) is 10.2. The lowest BCUT2D eigenvalue weighted by Crippen LogP contribution is -2.37. The molecule has 0 aliphatic rings. The molecule has 0 saturated carbocycles. The fraction of sp³-hybridized carbons (Fsp3) is 0.429. The SMILES string of the molecule is CCN(CCC#N)CC(=O)NCc1ccc(Cl)cc1. The molecule has 1 amide bonds. The Hall–Kier alpha value is -1.57. The van der Waals surface area contributed by atoms with Crippen LogP contribution in [0.25, 0.3) is 0 Å². The molecule has 102 valence electrons. The lowest BCUT2D eigenvalue weighted by atomic mass is 10.2. The predicted octanol–water partition coefficient (Wildman–Crippen LogP) is 2.19. The maximum absolute atomic E-state index is 11.8. The number of amides is 1. The fourth-order valence-corrected chi connectivity index (χ4v) is 1.74. The third kappa shape index (κ3) is 6.23. The van der Waals surface area contributed by atoms with E-state index in [4.69, 9.17) is 16.9 Å². The summed E-state index contributed by atoms with van der Waals surface area (Å²) in [4.78, 5) is 13.7. The highest BCUT2D eigenvalue weighted by molar-refractivity contribution is 6.30. The topological polar surface area (TPSA) is 56.1 Å². The Balaban J connectivity index is 2.34. The van der Waals surface area contributed by atoms with E-state index < -0.39 is 0 Å². The quantitative estimate of drug-likeness (QED) is 0.832. The highest BCUT2D eigenvalue weighted by Gasteiger charge is 2.08. The lowest BCUT2D eigenvalue weighted by molar-refractivity contribution is -0.122. The number of likely N-dealkylation sites (N-methyl/N-ethyl adjacent to an activating group) is 1. The van der Waals surface area contributed by atoms with Crippen LogP contribution in [0.15, 0.2) is 24.3 Å². The Morgan fingerprint density at radius 3 is 2.68 bits per heavy atom. The third-order valence-corrected chi connectivity index (χ3v) is 3.01. The number of rotatable bonds is 7. The number of hydrogen-bond donors (Lipinski definition) is 1. The molecule has 0 spiro atoms. The molecule has 4 nitrogen and oxygen atoms in total. The first kappa shape index (κ1) is 15.5. The van der Waals surface area contributed by atoms with E-state index in [1.54, 1.807) is 12.1 Å². The van der Waals surface area contributed by atoms with Crippen LogP contribution in [0.1, 0.15) is 18.9 Å². The van der Waals surface area contributed by atoms with E-state index in [9.17, 15) is 4.79 Å². The van der Waals surface area contributed by atoms with Crippen LogP contribution in [0.2, 0.25) is 5.02 Å². The monoisotopic (exact) mass is 279 g/mol. The van der Waals surface area contributed by atoms with Gasteiger partial charge in [0.15, 0.2) is 0 Å². The van der Waals surface area contributed by atoms with E-state index in [-0.39, 0.29) is 5.91 Å². The Morgan fingerprint density at radius 2 is 2.11 bits per heavy atom. The summed E-state index contributed by atoms with van der Waals surface area (Å²) in [6, 6.07) is 9.45. The van der Waals surface area contributed by atoms with Crippen LogP contribution in [0.4, 0.5) is 0 Å². The fourth-order valence-electron chi connectivity index (χ4n) is 1.62. The highest BCUT2D eigenvalue weighted by Crippen LogP contribution is 2.09. The average molecular weight is 280 g/mol. The van der Waals surface area contributed by atoms with E-state index in [1.165, 1.54) is 0 Å². The first-order valence-electron chi connectivity index (χ1n) is 6.26. The van der Waals surface area contributed by atoms with Crippen molar-refractivity contribution >= 4 is 17.5 Å². The van der Waals surface area contributed by atoms with Gasteiger partial charge in [0.1, 0.15) is 0 Å². The molecule has 0 fully saturated rings. The van der Waals surface area contributed by atoms with Gasteiger partial charge in [-0.2, -0.15) is 5.26 Å². The summed E-state index contributed by atoms with van der Waals surface area (Å²) in [6.45, 7) is 4.18. The Bertz CT molecular complexity index is 439. The van der Waals surface area contributed by atoms with Crippen LogP contribution >= 0.6 is 11.6 Å². The summed E-state index contributed by atoms with van der Waals surface area (Å²) >= 11 is 5.79. The van der Waals surface area contributed by atoms with E-state index >= 15 is 0 Å². The Labute approximate surface area is 119 Å². The van der Waals surface area contributed by atoms with Gasteiger partial charge in [0.25, 0.3) is 0 Å². The molecule has 1 N–H and O–H groups in total. The standard InChI is InChI=1S/C14H18ClN3O/c1-2-18(9-3-8-16)11-14(19)17-10-12-4-6-13(15)7-5-12/h4-7H,2-3,9-11H2,1H3,(H,17,19). The lowest BCUT2D eigenvalue weighted by Gasteiger charge is -2.18. The second-order valence-corrected chi connectivity index (χ2v) is 4.62. The zero-order valence-corrected chi connectivity index (χ0v) is 11.8. The van der Waals surface area contributed by atoms with Crippen molar-refractivity contribution in [2.45, 2.75) is 19.9 Å². The smallest absolute Gasteiger partial charge is 0.234 e. The van der Waals surface area contributed by atoms with Crippen LogP contribution in [-0.2, 0) is 11.3 Å². The van der Waals surface area contributed by atoms with Crippen molar-refractivity contribution < 1.29 is 4.79 Å². The van der Waals surface area contributed by atoms with Crippen molar-refractivity contribution in [3.8, 4) is 6.07 Å². The van der Waals surface area contributed by atoms with Gasteiger partial charge < -0.3 is 5.32 Å². The van der Waals surface area contributed by atoms with E-state index in [0.29, 0.717) is 31.1 Å². The van der Waals surface area contributed by atoms with Gasteiger partial charge in [0.2, 0.25) is 5.91 Å². The number of nitrogens with one attached hydrogen (secondary N) is 1. The minimum atomic E-state index is -0.0326. The third-order valence-electron chi connectivity index (χ3n) is 2.76. The summed E-state index contributed by atoms with van der Waals surface area (Å²) in [7, 11) is 0. The highest BCUT2D eigenvalue weighted by atomic mass is 35.5. The molecule has 0 aromatic heterocycles. The molecular formula is C14H18ClN3O. The molecule has 0 bridgehead atoms. The first-order valence-corrected chi connectivity index (χ1v) is 6.64. The zero-order valence-electron chi connectivity index (χ0n) is 11.0. The molecule has 0 aliphatic heterocycles. The van der Waals surface area contributed by atoms with Crippen LogP contribution in [0, 0.1) is 11.3 Å². The van der Waals surface area contributed by atoms with Crippen molar-refractivity contribution in [3.05, 3.63) is 34.9 Å². The van der Waals surface area contributed by atoms with Gasteiger partial charge in [-0.25, -0.2) is 0 Å². The molecule has 0 radical (unpaired) electrons. The van der Waals surface area contributed by atoms with Crippen molar-refractivity contribution in [1.82, 2.24) is 10.2 Å². The van der Waals surface area contributed by atoms with Gasteiger partial charge in [-0.1, -0.05) is 30.7 Å².